The van der Waals surface area contributed by atoms with Crippen LogP contribution >= 0.6 is 0 Å². The molecule has 1 aromatic heterocycles. The van der Waals surface area contributed by atoms with E-state index in [1.807, 2.05) is 37.3 Å². The van der Waals surface area contributed by atoms with Gasteiger partial charge in [0.15, 0.2) is 5.69 Å². The first-order valence-corrected chi connectivity index (χ1v) is 11.5. The predicted octanol–water partition coefficient (Wildman–Crippen LogP) is 5.64. The van der Waals surface area contributed by atoms with Gasteiger partial charge in [-0.1, -0.05) is 50.2 Å². The Morgan fingerprint density at radius 3 is 2.32 bits per heavy atom. The molecule has 174 valence electrons. The summed E-state index contributed by atoms with van der Waals surface area (Å²) in [5, 5.41) is 9.79. The van der Waals surface area contributed by atoms with Gasteiger partial charge in [-0.15, -0.1) is 0 Å². The SMILES string of the molecule is CCOC(=O)c1cc(-c2ccc3ccccc3c2)n(-c2ccc(C(=O)N[C@@H](C)C(C)C)cc2)n1. The summed E-state index contributed by atoms with van der Waals surface area (Å²) in [6, 6.07) is 23.3. The monoisotopic (exact) mass is 455 g/mol. The second-order valence-electron chi connectivity index (χ2n) is 8.66. The molecule has 3 aromatic carbocycles. The molecule has 0 fully saturated rings. The van der Waals surface area contributed by atoms with Crippen molar-refractivity contribution in [3.05, 3.63) is 84.1 Å². The number of aromatic nitrogens is 2. The Labute approximate surface area is 199 Å². The van der Waals surface area contributed by atoms with Crippen LogP contribution in [0.4, 0.5) is 0 Å². The van der Waals surface area contributed by atoms with E-state index in [0.29, 0.717) is 11.5 Å². The van der Waals surface area contributed by atoms with Crippen LogP contribution in [0.2, 0.25) is 0 Å². The Morgan fingerprint density at radius 2 is 1.65 bits per heavy atom. The van der Waals surface area contributed by atoms with Gasteiger partial charge in [-0.3, -0.25) is 4.79 Å². The number of carbonyl (C=O) groups is 2. The number of fused-ring (bicyclic) bond motifs is 1. The molecule has 0 radical (unpaired) electrons. The molecular formula is C28H29N3O3. The zero-order chi connectivity index (χ0) is 24.2. The number of hydrogen-bond acceptors (Lipinski definition) is 4. The first-order valence-electron chi connectivity index (χ1n) is 11.5. The van der Waals surface area contributed by atoms with Gasteiger partial charge in [0.05, 0.1) is 18.0 Å². The van der Waals surface area contributed by atoms with Gasteiger partial charge in [0, 0.05) is 17.2 Å². The number of rotatable bonds is 7. The standard InChI is InChI=1S/C28H29N3O3/c1-5-34-28(33)25-17-26(23-11-10-20-8-6-7-9-22(20)16-23)31(30-25)24-14-12-21(13-15-24)27(32)29-19(4)18(2)3/h6-19H,5H2,1-4H3,(H,29,32)/t19-/m0/s1. The van der Waals surface area contributed by atoms with Crippen molar-refractivity contribution in [3.63, 3.8) is 0 Å². The van der Waals surface area contributed by atoms with Crippen molar-refractivity contribution < 1.29 is 14.3 Å². The van der Waals surface area contributed by atoms with Crippen molar-refractivity contribution >= 4 is 22.6 Å². The maximum atomic E-state index is 12.6. The molecule has 0 spiro atoms. The van der Waals surface area contributed by atoms with Crippen LogP contribution in [0.15, 0.2) is 72.8 Å². The predicted molar refractivity (Wildman–Crippen MR) is 134 cm³/mol. The number of nitrogens with one attached hydrogen (secondary N) is 1. The zero-order valence-electron chi connectivity index (χ0n) is 19.9. The molecule has 4 aromatic rings. The first-order chi connectivity index (χ1) is 16.4. The molecule has 0 saturated carbocycles. The number of nitrogens with zero attached hydrogens (tertiary/aromatic N) is 2. The number of esters is 1. The molecule has 6 nitrogen and oxygen atoms in total. The Morgan fingerprint density at radius 1 is 0.941 bits per heavy atom. The lowest BCUT2D eigenvalue weighted by Gasteiger charge is -2.17. The largest absolute Gasteiger partial charge is 0.461 e. The third kappa shape index (κ3) is 4.86. The summed E-state index contributed by atoms with van der Waals surface area (Å²) in [4.78, 5) is 25.0. The van der Waals surface area contributed by atoms with Crippen LogP contribution in [-0.4, -0.2) is 34.3 Å². The van der Waals surface area contributed by atoms with Gasteiger partial charge in [0.2, 0.25) is 0 Å². The maximum Gasteiger partial charge on any atom is 0.358 e. The van der Waals surface area contributed by atoms with Crippen LogP contribution in [0.3, 0.4) is 0 Å². The lowest BCUT2D eigenvalue weighted by molar-refractivity contribution is 0.0518. The van der Waals surface area contributed by atoms with Crippen molar-refractivity contribution in [1.82, 2.24) is 15.1 Å². The molecular weight excluding hydrogens is 426 g/mol. The van der Waals surface area contributed by atoms with Crippen molar-refractivity contribution in [2.45, 2.75) is 33.7 Å². The summed E-state index contributed by atoms with van der Waals surface area (Å²) in [6.07, 6.45) is 0. The van der Waals surface area contributed by atoms with E-state index >= 15 is 0 Å². The molecule has 1 N–H and O–H groups in total. The van der Waals surface area contributed by atoms with Crippen LogP contribution in [-0.2, 0) is 4.74 Å². The second-order valence-corrected chi connectivity index (χ2v) is 8.66. The summed E-state index contributed by atoms with van der Waals surface area (Å²) in [5.74, 6) is -0.241. The summed E-state index contributed by atoms with van der Waals surface area (Å²) < 4.78 is 6.89. The highest BCUT2D eigenvalue weighted by molar-refractivity contribution is 5.95. The number of hydrogen-bond donors (Lipinski definition) is 1. The molecule has 1 heterocycles. The molecule has 0 aliphatic heterocycles. The molecule has 6 heteroatoms. The topological polar surface area (TPSA) is 73.2 Å². The van der Waals surface area contributed by atoms with E-state index in [2.05, 4.69) is 48.5 Å². The number of amides is 1. The Hall–Kier alpha value is -3.93. The van der Waals surface area contributed by atoms with Crippen LogP contribution in [0, 0.1) is 5.92 Å². The van der Waals surface area contributed by atoms with E-state index in [0.717, 1.165) is 27.7 Å². The van der Waals surface area contributed by atoms with Crippen LogP contribution in [0.5, 0.6) is 0 Å². The Balaban J connectivity index is 1.73. The summed E-state index contributed by atoms with van der Waals surface area (Å²) in [5.41, 5.74) is 3.24. The summed E-state index contributed by atoms with van der Waals surface area (Å²) in [6.45, 7) is 8.18. The average molecular weight is 456 g/mol. The molecule has 1 amide bonds. The first kappa shape index (κ1) is 23.2. The van der Waals surface area contributed by atoms with Gasteiger partial charge >= 0.3 is 5.97 Å². The minimum absolute atomic E-state index is 0.0740. The van der Waals surface area contributed by atoms with Crippen molar-refractivity contribution in [2.24, 2.45) is 5.92 Å². The fraction of sp³-hybridized carbons (Fsp3) is 0.250. The Kier molecular flexibility index (Phi) is 6.77. The van der Waals surface area contributed by atoms with Gasteiger partial charge in [-0.25, -0.2) is 9.48 Å². The van der Waals surface area contributed by atoms with Crippen molar-refractivity contribution in [3.8, 4) is 16.9 Å². The molecule has 34 heavy (non-hydrogen) atoms. The Bertz CT molecular complexity index is 1320. The van der Waals surface area contributed by atoms with E-state index in [-0.39, 0.29) is 24.2 Å². The normalized spacial score (nSPS) is 12.0. The fourth-order valence-electron chi connectivity index (χ4n) is 3.65. The highest BCUT2D eigenvalue weighted by Crippen LogP contribution is 2.28. The van der Waals surface area contributed by atoms with Gasteiger partial charge in [0.25, 0.3) is 5.91 Å². The third-order valence-corrected chi connectivity index (χ3v) is 5.97. The molecule has 0 saturated heterocycles. The smallest absolute Gasteiger partial charge is 0.358 e. The van der Waals surface area contributed by atoms with E-state index in [9.17, 15) is 9.59 Å². The van der Waals surface area contributed by atoms with Crippen molar-refractivity contribution in [1.29, 1.82) is 0 Å². The van der Waals surface area contributed by atoms with Crippen LogP contribution in [0.1, 0.15) is 48.5 Å². The molecule has 0 aliphatic rings. The molecule has 1 atom stereocenters. The van der Waals surface area contributed by atoms with Gasteiger partial charge in [-0.05, 0) is 66.9 Å². The van der Waals surface area contributed by atoms with Gasteiger partial charge in [0.1, 0.15) is 0 Å². The van der Waals surface area contributed by atoms with E-state index in [1.54, 1.807) is 29.8 Å². The quantitative estimate of drug-likeness (QED) is 0.366. The molecule has 0 aliphatic carbocycles. The van der Waals surface area contributed by atoms with E-state index in [1.165, 1.54) is 0 Å². The number of benzene rings is 3. The number of ether oxygens (including phenoxy) is 1. The fourth-order valence-corrected chi connectivity index (χ4v) is 3.65. The summed E-state index contributed by atoms with van der Waals surface area (Å²) >= 11 is 0. The molecule has 0 bridgehead atoms. The maximum absolute atomic E-state index is 12.6. The lowest BCUT2D eigenvalue weighted by Crippen LogP contribution is -2.36. The average Bonchev–Trinajstić information content (AvgIpc) is 3.29. The van der Waals surface area contributed by atoms with Crippen molar-refractivity contribution in [2.75, 3.05) is 6.61 Å². The summed E-state index contributed by atoms with van der Waals surface area (Å²) in [7, 11) is 0. The third-order valence-electron chi connectivity index (χ3n) is 5.97. The molecule has 4 rings (SSSR count). The van der Waals surface area contributed by atoms with Gasteiger partial charge in [-0.2, -0.15) is 5.10 Å². The van der Waals surface area contributed by atoms with Gasteiger partial charge < -0.3 is 10.1 Å². The van der Waals surface area contributed by atoms with Crippen LogP contribution < -0.4 is 5.32 Å². The number of carbonyl (C=O) groups excluding carboxylic acids is 2. The molecule has 0 unspecified atom stereocenters. The lowest BCUT2D eigenvalue weighted by atomic mass is 10.0. The van der Waals surface area contributed by atoms with Crippen LogP contribution in [0.25, 0.3) is 27.7 Å². The zero-order valence-corrected chi connectivity index (χ0v) is 19.9. The second kappa shape index (κ2) is 9.91. The van der Waals surface area contributed by atoms with E-state index < -0.39 is 5.97 Å². The minimum atomic E-state index is -0.470. The minimum Gasteiger partial charge on any atom is -0.461 e. The van der Waals surface area contributed by atoms with E-state index in [4.69, 9.17) is 4.74 Å². The highest BCUT2D eigenvalue weighted by Gasteiger charge is 2.19. The highest BCUT2D eigenvalue weighted by atomic mass is 16.5.